The van der Waals surface area contributed by atoms with Gasteiger partial charge < -0.3 is 5.32 Å². The van der Waals surface area contributed by atoms with Gasteiger partial charge in [0.2, 0.25) is 0 Å². The molecule has 1 unspecified atom stereocenters. The van der Waals surface area contributed by atoms with E-state index in [1.165, 1.54) is 22.6 Å². The summed E-state index contributed by atoms with van der Waals surface area (Å²) in [4.78, 5) is 1.26. The molecule has 0 aliphatic rings. The van der Waals surface area contributed by atoms with Crippen LogP contribution in [0.5, 0.6) is 0 Å². The number of hydrogen-bond donors (Lipinski definition) is 1. The maximum absolute atomic E-state index is 12.4. The SMILES string of the molecule is Cc1ccsc1C(C)NCc1ccc(C(F)(F)F)cc1. The van der Waals surface area contributed by atoms with Crippen LogP contribution in [0.4, 0.5) is 13.2 Å². The standard InChI is InChI=1S/C15H16F3NS/c1-10-7-8-20-14(10)11(2)19-9-12-3-5-13(6-4-12)15(16,17)18/h3-8,11,19H,9H2,1-2H3. The Bertz CT molecular complexity index is 557. The number of aryl methyl sites for hydroxylation is 1. The number of rotatable bonds is 4. The second kappa shape index (κ2) is 5.97. The minimum atomic E-state index is -4.27. The predicted molar refractivity (Wildman–Crippen MR) is 75.8 cm³/mol. The van der Waals surface area contributed by atoms with E-state index in [0.717, 1.165) is 17.7 Å². The number of thiophene rings is 1. The van der Waals surface area contributed by atoms with Gasteiger partial charge in [-0.05, 0) is 48.6 Å². The molecule has 0 aliphatic heterocycles. The first-order valence-electron chi connectivity index (χ1n) is 6.31. The van der Waals surface area contributed by atoms with Gasteiger partial charge in [-0.2, -0.15) is 13.2 Å². The molecule has 1 N–H and O–H groups in total. The molecule has 0 spiro atoms. The summed E-state index contributed by atoms with van der Waals surface area (Å²) in [6.07, 6.45) is -4.27. The number of hydrogen-bond acceptors (Lipinski definition) is 2. The van der Waals surface area contributed by atoms with Gasteiger partial charge >= 0.3 is 6.18 Å². The second-order valence-corrected chi connectivity index (χ2v) is 5.71. The van der Waals surface area contributed by atoms with E-state index in [2.05, 4.69) is 25.2 Å². The molecule has 0 amide bonds. The van der Waals surface area contributed by atoms with Crippen molar-refractivity contribution in [3.63, 3.8) is 0 Å². The maximum atomic E-state index is 12.4. The number of nitrogens with one attached hydrogen (secondary N) is 1. The van der Waals surface area contributed by atoms with Gasteiger partial charge in [-0.15, -0.1) is 11.3 Å². The van der Waals surface area contributed by atoms with Crippen molar-refractivity contribution in [3.05, 3.63) is 57.3 Å². The molecule has 1 aromatic carbocycles. The average Bonchev–Trinajstić information content (AvgIpc) is 2.82. The molecule has 2 aromatic rings. The van der Waals surface area contributed by atoms with Crippen LogP contribution in [0.1, 0.15) is 34.5 Å². The van der Waals surface area contributed by atoms with E-state index < -0.39 is 11.7 Å². The van der Waals surface area contributed by atoms with Crippen molar-refractivity contribution in [3.8, 4) is 0 Å². The molecule has 1 atom stereocenters. The smallest absolute Gasteiger partial charge is 0.305 e. The molecule has 0 bridgehead atoms. The summed E-state index contributed by atoms with van der Waals surface area (Å²) in [7, 11) is 0. The monoisotopic (exact) mass is 299 g/mol. The van der Waals surface area contributed by atoms with E-state index >= 15 is 0 Å². The molecule has 108 valence electrons. The van der Waals surface area contributed by atoms with Crippen LogP contribution >= 0.6 is 11.3 Å². The van der Waals surface area contributed by atoms with Crippen molar-refractivity contribution in [2.24, 2.45) is 0 Å². The second-order valence-electron chi connectivity index (χ2n) is 4.77. The van der Waals surface area contributed by atoms with E-state index in [1.54, 1.807) is 11.3 Å². The molecular formula is C15H16F3NS. The number of benzene rings is 1. The molecule has 1 heterocycles. The number of alkyl halides is 3. The van der Waals surface area contributed by atoms with Gasteiger partial charge in [0.25, 0.3) is 0 Å². The zero-order chi connectivity index (χ0) is 14.8. The highest BCUT2D eigenvalue weighted by Crippen LogP contribution is 2.29. The van der Waals surface area contributed by atoms with Crippen molar-refractivity contribution in [2.45, 2.75) is 32.6 Å². The highest BCUT2D eigenvalue weighted by atomic mass is 32.1. The Morgan fingerprint density at radius 3 is 2.30 bits per heavy atom. The summed E-state index contributed by atoms with van der Waals surface area (Å²) in [5, 5.41) is 5.37. The first-order chi connectivity index (χ1) is 9.38. The first kappa shape index (κ1) is 15.1. The summed E-state index contributed by atoms with van der Waals surface area (Å²) >= 11 is 1.69. The number of halogens is 3. The van der Waals surface area contributed by atoms with E-state index in [0.29, 0.717) is 6.54 Å². The molecule has 0 saturated carbocycles. The van der Waals surface area contributed by atoms with Crippen LogP contribution in [-0.4, -0.2) is 0 Å². The van der Waals surface area contributed by atoms with Crippen LogP contribution in [0.3, 0.4) is 0 Å². The van der Waals surface area contributed by atoms with Crippen molar-refractivity contribution in [1.82, 2.24) is 5.32 Å². The van der Waals surface area contributed by atoms with Gasteiger partial charge in [-0.25, -0.2) is 0 Å². The van der Waals surface area contributed by atoms with Gasteiger partial charge in [0.1, 0.15) is 0 Å². The third kappa shape index (κ3) is 3.61. The zero-order valence-corrected chi connectivity index (χ0v) is 12.1. The molecule has 1 nitrogen and oxygen atoms in total. The minimum Gasteiger partial charge on any atom is -0.305 e. The molecule has 0 radical (unpaired) electrons. The largest absolute Gasteiger partial charge is 0.416 e. The van der Waals surface area contributed by atoms with Crippen molar-refractivity contribution >= 4 is 11.3 Å². The summed E-state index contributed by atoms with van der Waals surface area (Å²) in [6, 6.07) is 7.54. The van der Waals surface area contributed by atoms with Crippen LogP contribution in [0.25, 0.3) is 0 Å². The van der Waals surface area contributed by atoms with Gasteiger partial charge in [0, 0.05) is 17.5 Å². The van der Waals surface area contributed by atoms with Crippen molar-refractivity contribution in [1.29, 1.82) is 0 Å². The fourth-order valence-electron chi connectivity index (χ4n) is 2.00. The minimum absolute atomic E-state index is 0.192. The van der Waals surface area contributed by atoms with Crippen LogP contribution < -0.4 is 5.32 Å². The Morgan fingerprint density at radius 2 is 1.80 bits per heavy atom. The molecule has 2 rings (SSSR count). The Labute approximate surface area is 120 Å². The van der Waals surface area contributed by atoms with Crippen LogP contribution in [0.2, 0.25) is 0 Å². The van der Waals surface area contributed by atoms with E-state index in [4.69, 9.17) is 0 Å². The molecule has 0 aliphatic carbocycles. The lowest BCUT2D eigenvalue weighted by Crippen LogP contribution is -2.18. The predicted octanol–water partition coefficient (Wildman–Crippen LogP) is 4.93. The highest BCUT2D eigenvalue weighted by molar-refractivity contribution is 7.10. The molecule has 0 saturated heterocycles. The van der Waals surface area contributed by atoms with Crippen LogP contribution in [-0.2, 0) is 12.7 Å². The summed E-state index contributed by atoms with van der Waals surface area (Å²) in [5.41, 5.74) is 1.48. The van der Waals surface area contributed by atoms with Gasteiger partial charge in [0.05, 0.1) is 5.56 Å². The normalized spacial score (nSPS) is 13.4. The summed E-state index contributed by atoms with van der Waals surface area (Å²) < 4.78 is 37.3. The van der Waals surface area contributed by atoms with Crippen LogP contribution in [0, 0.1) is 6.92 Å². The third-order valence-electron chi connectivity index (χ3n) is 3.19. The lowest BCUT2D eigenvalue weighted by atomic mass is 10.1. The molecule has 0 fully saturated rings. The van der Waals surface area contributed by atoms with Gasteiger partial charge in [-0.3, -0.25) is 0 Å². The zero-order valence-electron chi connectivity index (χ0n) is 11.3. The summed E-state index contributed by atoms with van der Waals surface area (Å²) in [6.45, 7) is 4.67. The van der Waals surface area contributed by atoms with Gasteiger partial charge in [-0.1, -0.05) is 12.1 Å². The maximum Gasteiger partial charge on any atom is 0.416 e. The van der Waals surface area contributed by atoms with Gasteiger partial charge in [0.15, 0.2) is 0 Å². The molecule has 5 heteroatoms. The van der Waals surface area contributed by atoms with E-state index in [9.17, 15) is 13.2 Å². The quantitative estimate of drug-likeness (QED) is 0.844. The highest BCUT2D eigenvalue weighted by Gasteiger charge is 2.29. The molecule has 20 heavy (non-hydrogen) atoms. The Morgan fingerprint density at radius 1 is 1.15 bits per heavy atom. The third-order valence-corrected chi connectivity index (χ3v) is 4.39. The summed E-state index contributed by atoms with van der Waals surface area (Å²) in [5.74, 6) is 0. The Kier molecular flexibility index (Phi) is 4.50. The molecule has 1 aromatic heterocycles. The van der Waals surface area contributed by atoms with Crippen molar-refractivity contribution < 1.29 is 13.2 Å². The first-order valence-corrected chi connectivity index (χ1v) is 7.19. The average molecular weight is 299 g/mol. The van der Waals surface area contributed by atoms with E-state index in [1.807, 2.05) is 5.38 Å². The molecular weight excluding hydrogens is 283 g/mol. The Hall–Kier alpha value is -1.33. The van der Waals surface area contributed by atoms with Crippen molar-refractivity contribution in [2.75, 3.05) is 0 Å². The fourth-order valence-corrected chi connectivity index (χ4v) is 2.96. The topological polar surface area (TPSA) is 12.0 Å². The van der Waals surface area contributed by atoms with E-state index in [-0.39, 0.29) is 6.04 Å². The Balaban J connectivity index is 1.96. The lowest BCUT2D eigenvalue weighted by Gasteiger charge is -2.14. The lowest BCUT2D eigenvalue weighted by molar-refractivity contribution is -0.137. The van der Waals surface area contributed by atoms with Crippen LogP contribution in [0.15, 0.2) is 35.7 Å². The fraction of sp³-hybridized carbons (Fsp3) is 0.333.